The third-order valence-corrected chi connectivity index (χ3v) is 4.09. The summed E-state index contributed by atoms with van der Waals surface area (Å²) >= 11 is 3.23. The first-order chi connectivity index (χ1) is 9.47. The molecule has 0 bridgehead atoms. The minimum absolute atomic E-state index is 0.155. The molecule has 2 aromatic rings. The summed E-state index contributed by atoms with van der Waals surface area (Å²) in [5, 5.41) is 3.54. The van der Waals surface area contributed by atoms with Crippen LogP contribution in [0, 0.1) is 12.7 Å². The number of hydrogen-bond donors (Lipinski definition) is 1. The van der Waals surface area contributed by atoms with E-state index in [9.17, 15) is 4.39 Å². The normalized spacial score (nSPS) is 14.1. The molecule has 0 aliphatic rings. The van der Waals surface area contributed by atoms with Gasteiger partial charge >= 0.3 is 0 Å². The van der Waals surface area contributed by atoms with Crippen LogP contribution in [0.1, 0.15) is 42.6 Å². The van der Waals surface area contributed by atoms with Crippen molar-refractivity contribution in [2.45, 2.75) is 32.9 Å². The zero-order valence-electron chi connectivity index (χ0n) is 12.0. The van der Waals surface area contributed by atoms with Gasteiger partial charge in [-0.3, -0.25) is 0 Å². The average molecular weight is 336 g/mol. The van der Waals surface area contributed by atoms with E-state index in [4.69, 9.17) is 0 Å². The first kappa shape index (κ1) is 15.2. The van der Waals surface area contributed by atoms with E-state index < -0.39 is 0 Å². The second kappa shape index (κ2) is 6.51. The maximum absolute atomic E-state index is 13.3. The molecule has 0 aliphatic carbocycles. The van der Waals surface area contributed by atoms with E-state index in [-0.39, 0.29) is 17.9 Å². The molecule has 1 unspecified atom stereocenters. The highest BCUT2D eigenvalue weighted by Crippen LogP contribution is 2.24. The lowest BCUT2D eigenvalue weighted by atomic mass is 10.0. The summed E-state index contributed by atoms with van der Waals surface area (Å²) < 4.78 is 13.8. The van der Waals surface area contributed by atoms with Crippen LogP contribution in [-0.4, -0.2) is 0 Å². The molecule has 0 aliphatic heterocycles. The second-order valence-electron chi connectivity index (χ2n) is 5.20. The van der Waals surface area contributed by atoms with Gasteiger partial charge in [0.05, 0.1) is 4.47 Å². The van der Waals surface area contributed by atoms with Gasteiger partial charge in [0.15, 0.2) is 0 Å². The Balaban J connectivity index is 2.10. The maximum Gasteiger partial charge on any atom is 0.137 e. The first-order valence-corrected chi connectivity index (χ1v) is 7.54. The van der Waals surface area contributed by atoms with Crippen molar-refractivity contribution in [2.24, 2.45) is 0 Å². The highest BCUT2D eigenvalue weighted by Gasteiger charge is 2.12. The number of aryl methyl sites for hydroxylation is 1. The minimum atomic E-state index is -0.229. The molecule has 0 saturated heterocycles. The average Bonchev–Trinajstić information content (AvgIpc) is 2.41. The first-order valence-electron chi connectivity index (χ1n) is 6.75. The lowest BCUT2D eigenvalue weighted by molar-refractivity contribution is 0.493. The topological polar surface area (TPSA) is 12.0 Å². The fourth-order valence-electron chi connectivity index (χ4n) is 2.29. The quantitative estimate of drug-likeness (QED) is 0.798. The number of hydrogen-bond acceptors (Lipinski definition) is 1. The van der Waals surface area contributed by atoms with Crippen LogP contribution >= 0.6 is 15.9 Å². The van der Waals surface area contributed by atoms with Gasteiger partial charge in [0.25, 0.3) is 0 Å². The van der Waals surface area contributed by atoms with E-state index in [1.807, 2.05) is 12.1 Å². The summed E-state index contributed by atoms with van der Waals surface area (Å²) in [4.78, 5) is 0. The van der Waals surface area contributed by atoms with Gasteiger partial charge in [-0.1, -0.05) is 35.9 Å². The molecule has 2 atom stereocenters. The van der Waals surface area contributed by atoms with E-state index >= 15 is 0 Å². The van der Waals surface area contributed by atoms with E-state index in [2.05, 4.69) is 66.3 Å². The summed E-state index contributed by atoms with van der Waals surface area (Å²) in [6.07, 6.45) is 0. The molecule has 1 N–H and O–H groups in total. The number of halogens is 2. The molecule has 3 heteroatoms. The molecule has 0 radical (unpaired) electrons. The van der Waals surface area contributed by atoms with Crippen LogP contribution < -0.4 is 5.32 Å². The Kier molecular flexibility index (Phi) is 4.95. The Morgan fingerprint density at radius 2 is 1.65 bits per heavy atom. The Bertz CT molecular complexity index is 597. The maximum atomic E-state index is 13.3. The van der Waals surface area contributed by atoms with Crippen molar-refractivity contribution in [2.75, 3.05) is 0 Å². The molecule has 106 valence electrons. The van der Waals surface area contributed by atoms with Crippen LogP contribution in [0.3, 0.4) is 0 Å². The molecule has 0 amide bonds. The third-order valence-electron chi connectivity index (χ3n) is 3.49. The van der Waals surface area contributed by atoms with Gasteiger partial charge in [-0.05, 0) is 60.0 Å². The zero-order valence-corrected chi connectivity index (χ0v) is 13.5. The molecule has 0 spiro atoms. The number of rotatable bonds is 4. The van der Waals surface area contributed by atoms with Crippen LogP contribution in [0.2, 0.25) is 0 Å². The van der Waals surface area contributed by atoms with Crippen LogP contribution in [0.5, 0.6) is 0 Å². The summed E-state index contributed by atoms with van der Waals surface area (Å²) in [7, 11) is 0. The molecule has 1 nitrogen and oxygen atoms in total. The van der Waals surface area contributed by atoms with Crippen molar-refractivity contribution in [3.8, 4) is 0 Å². The van der Waals surface area contributed by atoms with Gasteiger partial charge in [0.2, 0.25) is 0 Å². The summed E-state index contributed by atoms with van der Waals surface area (Å²) in [6.45, 7) is 6.33. The molecule has 2 aromatic carbocycles. The molecule has 0 saturated carbocycles. The predicted octanol–water partition coefficient (Wildman–Crippen LogP) is 5.31. The van der Waals surface area contributed by atoms with Crippen molar-refractivity contribution >= 4 is 15.9 Å². The van der Waals surface area contributed by atoms with Crippen molar-refractivity contribution in [1.29, 1.82) is 0 Å². The Labute approximate surface area is 128 Å². The van der Waals surface area contributed by atoms with Gasteiger partial charge in [-0.2, -0.15) is 0 Å². The van der Waals surface area contributed by atoms with Gasteiger partial charge in [0, 0.05) is 12.1 Å². The van der Waals surface area contributed by atoms with E-state index in [1.165, 1.54) is 17.2 Å². The number of nitrogens with one attached hydrogen (secondary N) is 1. The molecule has 20 heavy (non-hydrogen) atoms. The van der Waals surface area contributed by atoms with Gasteiger partial charge < -0.3 is 5.32 Å². The van der Waals surface area contributed by atoms with Crippen LogP contribution in [0.15, 0.2) is 46.9 Å². The standard InChI is InChI=1S/C17H19BrFN/c1-11-5-4-6-14(9-11)12(2)20-13(3)15-7-8-17(19)16(18)10-15/h4-10,12-13,20H,1-3H3/t12-,13?/m1/s1. The van der Waals surface area contributed by atoms with Crippen molar-refractivity contribution in [1.82, 2.24) is 5.32 Å². The summed E-state index contributed by atoms with van der Waals surface area (Å²) in [5.74, 6) is -0.229. The molecule has 0 aromatic heterocycles. The second-order valence-corrected chi connectivity index (χ2v) is 6.05. The zero-order chi connectivity index (χ0) is 14.7. The third kappa shape index (κ3) is 3.68. The van der Waals surface area contributed by atoms with Crippen molar-refractivity contribution < 1.29 is 4.39 Å². The Morgan fingerprint density at radius 3 is 2.25 bits per heavy atom. The highest BCUT2D eigenvalue weighted by molar-refractivity contribution is 9.10. The lowest BCUT2D eigenvalue weighted by Gasteiger charge is -2.21. The van der Waals surface area contributed by atoms with E-state index in [0.717, 1.165) is 5.56 Å². The summed E-state index contributed by atoms with van der Waals surface area (Å²) in [5.41, 5.74) is 3.59. The lowest BCUT2D eigenvalue weighted by Crippen LogP contribution is -2.22. The van der Waals surface area contributed by atoms with Gasteiger partial charge in [0.1, 0.15) is 5.82 Å². The number of benzene rings is 2. The Hall–Kier alpha value is -1.19. The minimum Gasteiger partial charge on any atom is -0.304 e. The van der Waals surface area contributed by atoms with E-state index in [0.29, 0.717) is 4.47 Å². The molecule has 2 rings (SSSR count). The molecular formula is C17H19BrFN. The smallest absolute Gasteiger partial charge is 0.137 e. The largest absolute Gasteiger partial charge is 0.304 e. The van der Waals surface area contributed by atoms with Gasteiger partial charge in [-0.25, -0.2) is 4.39 Å². The molecule has 0 fully saturated rings. The molecule has 0 heterocycles. The fraction of sp³-hybridized carbons (Fsp3) is 0.294. The highest BCUT2D eigenvalue weighted by atomic mass is 79.9. The van der Waals surface area contributed by atoms with Crippen LogP contribution in [0.4, 0.5) is 4.39 Å². The fourth-order valence-corrected chi connectivity index (χ4v) is 2.69. The van der Waals surface area contributed by atoms with Crippen molar-refractivity contribution in [3.63, 3.8) is 0 Å². The Morgan fingerprint density at radius 1 is 1.00 bits per heavy atom. The predicted molar refractivity (Wildman–Crippen MR) is 85.2 cm³/mol. The molecular weight excluding hydrogens is 317 g/mol. The van der Waals surface area contributed by atoms with Gasteiger partial charge in [-0.15, -0.1) is 0 Å². The van der Waals surface area contributed by atoms with Crippen LogP contribution in [-0.2, 0) is 0 Å². The van der Waals surface area contributed by atoms with E-state index in [1.54, 1.807) is 0 Å². The van der Waals surface area contributed by atoms with Crippen molar-refractivity contribution in [3.05, 3.63) is 69.4 Å². The SMILES string of the molecule is Cc1cccc([C@@H](C)NC(C)c2ccc(F)c(Br)c2)c1. The monoisotopic (exact) mass is 335 g/mol. The summed E-state index contributed by atoms with van der Waals surface area (Å²) in [6, 6.07) is 14.0. The van der Waals surface area contributed by atoms with Crippen LogP contribution in [0.25, 0.3) is 0 Å².